The number of imidazole rings is 1. The zero-order valence-electron chi connectivity index (χ0n) is 10.4. The van der Waals surface area contributed by atoms with Crippen LogP contribution in [-0.2, 0) is 0 Å². The summed E-state index contributed by atoms with van der Waals surface area (Å²) in [7, 11) is 0. The molecule has 0 spiro atoms. The highest BCUT2D eigenvalue weighted by Crippen LogP contribution is 2.41. The minimum Gasteiger partial charge on any atom is -0.344 e. The molecule has 20 heavy (non-hydrogen) atoms. The Hall–Kier alpha value is -2.13. The van der Waals surface area contributed by atoms with Crippen LogP contribution in [0, 0.1) is 0 Å². The number of aromatic amines is 1. The Balaban J connectivity index is 2.33. The van der Waals surface area contributed by atoms with E-state index in [1.807, 2.05) is 0 Å². The third kappa shape index (κ3) is 1.12. The van der Waals surface area contributed by atoms with Gasteiger partial charge >= 0.3 is 0 Å². The largest absolute Gasteiger partial charge is 0.344 e. The summed E-state index contributed by atoms with van der Waals surface area (Å²) in [6.45, 7) is 0. The summed E-state index contributed by atoms with van der Waals surface area (Å²) in [6, 6.07) is 15.1. The van der Waals surface area contributed by atoms with Crippen LogP contribution in [0.1, 0.15) is 0 Å². The van der Waals surface area contributed by atoms with Crippen LogP contribution in [0.3, 0.4) is 0 Å². The highest BCUT2D eigenvalue weighted by atomic mass is 79.9. The van der Waals surface area contributed by atoms with E-state index in [0.29, 0.717) is 0 Å². The zero-order valence-corrected chi connectivity index (χ0v) is 12.0. The molecular formula is C17H9BrN2. The van der Waals surface area contributed by atoms with Gasteiger partial charge in [-0.05, 0) is 22.2 Å². The quantitative estimate of drug-likeness (QED) is 0.389. The van der Waals surface area contributed by atoms with Gasteiger partial charge in [-0.1, -0.05) is 52.3 Å². The van der Waals surface area contributed by atoms with Crippen molar-refractivity contribution in [2.75, 3.05) is 0 Å². The molecular weight excluding hydrogens is 312 g/mol. The van der Waals surface area contributed by atoms with Crippen LogP contribution in [0.2, 0.25) is 0 Å². The van der Waals surface area contributed by atoms with Gasteiger partial charge in [-0.3, -0.25) is 0 Å². The fourth-order valence-corrected chi connectivity index (χ4v) is 3.76. The van der Waals surface area contributed by atoms with E-state index >= 15 is 0 Å². The first-order valence-electron chi connectivity index (χ1n) is 6.52. The van der Waals surface area contributed by atoms with Gasteiger partial charge in [0.05, 0.1) is 17.4 Å². The van der Waals surface area contributed by atoms with Gasteiger partial charge in [-0.2, -0.15) is 0 Å². The zero-order chi connectivity index (χ0) is 13.3. The monoisotopic (exact) mass is 320 g/mol. The summed E-state index contributed by atoms with van der Waals surface area (Å²) in [5, 5.41) is 7.59. The minimum atomic E-state index is 1.05. The lowest BCUT2D eigenvalue weighted by Crippen LogP contribution is -1.86. The first-order valence-corrected chi connectivity index (χ1v) is 7.32. The summed E-state index contributed by atoms with van der Waals surface area (Å²) in [5.41, 5.74) is 2.17. The Morgan fingerprint density at radius 2 is 1.75 bits per heavy atom. The van der Waals surface area contributed by atoms with E-state index in [-0.39, 0.29) is 0 Å². The number of rotatable bonds is 0. The molecule has 94 valence electrons. The third-order valence-corrected chi connectivity index (χ3v) is 4.82. The van der Waals surface area contributed by atoms with Crippen LogP contribution < -0.4 is 0 Å². The van der Waals surface area contributed by atoms with Gasteiger partial charge in [0, 0.05) is 20.6 Å². The van der Waals surface area contributed by atoms with Crippen LogP contribution in [0.4, 0.5) is 0 Å². The fraction of sp³-hybridized carbons (Fsp3) is 0. The number of hydrogen-bond acceptors (Lipinski definition) is 1. The van der Waals surface area contributed by atoms with E-state index in [0.717, 1.165) is 15.5 Å². The lowest BCUT2D eigenvalue weighted by molar-refractivity contribution is 1.35. The number of nitrogens with one attached hydrogen (secondary N) is 1. The molecule has 2 nitrogen and oxygen atoms in total. The second kappa shape index (κ2) is 3.49. The van der Waals surface area contributed by atoms with E-state index in [1.165, 1.54) is 32.3 Å². The molecule has 0 saturated carbocycles. The Bertz CT molecular complexity index is 1110. The third-order valence-electron chi connectivity index (χ3n) is 4.13. The number of fused-ring (bicyclic) bond motifs is 3. The summed E-state index contributed by atoms with van der Waals surface area (Å²) in [4.78, 5) is 7.82. The molecule has 0 radical (unpaired) electrons. The molecule has 1 aromatic heterocycles. The number of benzene rings is 4. The maximum Gasteiger partial charge on any atom is 0.0967 e. The number of nitrogens with zero attached hydrogens (tertiary/aromatic N) is 1. The Labute approximate surface area is 122 Å². The molecule has 5 rings (SSSR count). The van der Waals surface area contributed by atoms with Crippen molar-refractivity contribution in [2.45, 2.75) is 0 Å². The summed E-state index contributed by atoms with van der Waals surface area (Å²) < 4.78 is 1.14. The van der Waals surface area contributed by atoms with E-state index in [2.05, 4.69) is 68.4 Å². The maximum atomic E-state index is 4.52. The predicted molar refractivity (Wildman–Crippen MR) is 87.5 cm³/mol. The van der Waals surface area contributed by atoms with Crippen molar-refractivity contribution < 1.29 is 0 Å². The van der Waals surface area contributed by atoms with Gasteiger partial charge in [-0.25, -0.2) is 4.98 Å². The minimum absolute atomic E-state index is 1.05. The van der Waals surface area contributed by atoms with Crippen molar-refractivity contribution in [1.82, 2.24) is 9.97 Å². The highest BCUT2D eigenvalue weighted by molar-refractivity contribution is 9.10. The topological polar surface area (TPSA) is 28.7 Å². The molecule has 0 saturated heterocycles. The standard InChI is InChI=1S/C17H9BrN2/c18-13-7-6-12-15-10(13)5-4-9-2-1-3-11(14(9)15)16-17(12)20-8-19-16/h1-8H,(H,19,20). The molecule has 0 aliphatic carbocycles. The average Bonchev–Trinajstić information content (AvgIpc) is 2.96. The van der Waals surface area contributed by atoms with E-state index in [9.17, 15) is 0 Å². The number of hydrogen-bond donors (Lipinski definition) is 1. The molecule has 4 aromatic carbocycles. The normalized spacial score (nSPS) is 12.2. The lowest BCUT2D eigenvalue weighted by Gasteiger charge is -2.12. The molecule has 1 heterocycles. The van der Waals surface area contributed by atoms with Crippen LogP contribution in [-0.4, -0.2) is 9.97 Å². The number of aromatic nitrogens is 2. The molecule has 1 N–H and O–H groups in total. The Kier molecular flexibility index (Phi) is 1.86. The summed E-state index contributed by atoms with van der Waals surface area (Å²) in [5.74, 6) is 0. The summed E-state index contributed by atoms with van der Waals surface area (Å²) in [6.07, 6.45) is 1.78. The van der Waals surface area contributed by atoms with Crippen LogP contribution in [0.15, 0.2) is 53.3 Å². The van der Waals surface area contributed by atoms with Crippen LogP contribution >= 0.6 is 15.9 Å². The lowest BCUT2D eigenvalue weighted by atomic mass is 9.93. The average molecular weight is 321 g/mol. The molecule has 0 atom stereocenters. The van der Waals surface area contributed by atoms with Crippen molar-refractivity contribution in [2.24, 2.45) is 0 Å². The Morgan fingerprint density at radius 1 is 0.850 bits per heavy atom. The molecule has 0 aliphatic heterocycles. The highest BCUT2D eigenvalue weighted by Gasteiger charge is 2.15. The second-order valence-electron chi connectivity index (χ2n) is 5.11. The van der Waals surface area contributed by atoms with Crippen LogP contribution in [0.25, 0.3) is 43.4 Å². The van der Waals surface area contributed by atoms with Gasteiger partial charge in [0.2, 0.25) is 0 Å². The molecule has 3 heteroatoms. The van der Waals surface area contributed by atoms with Crippen molar-refractivity contribution in [1.29, 1.82) is 0 Å². The molecule has 5 aromatic rings. The number of H-pyrrole nitrogens is 1. The number of halogens is 1. The van der Waals surface area contributed by atoms with Crippen molar-refractivity contribution in [3.63, 3.8) is 0 Å². The van der Waals surface area contributed by atoms with Crippen molar-refractivity contribution in [3.8, 4) is 0 Å². The van der Waals surface area contributed by atoms with Crippen molar-refractivity contribution >= 4 is 59.3 Å². The molecule has 0 unspecified atom stereocenters. The van der Waals surface area contributed by atoms with Crippen molar-refractivity contribution in [3.05, 3.63) is 53.3 Å². The second-order valence-corrected chi connectivity index (χ2v) is 5.97. The smallest absolute Gasteiger partial charge is 0.0967 e. The van der Waals surface area contributed by atoms with Gasteiger partial charge in [0.1, 0.15) is 0 Å². The first kappa shape index (κ1) is 10.6. The fourth-order valence-electron chi connectivity index (χ4n) is 3.30. The van der Waals surface area contributed by atoms with E-state index in [1.54, 1.807) is 6.33 Å². The molecule has 0 bridgehead atoms. The summed E-state index contributed by atoms with van der Waals surface area (Å²) >= 11 is 3.67. The van der Waals surface area contributed by atoms with Gasteiger partial charge in [0.25, 0.3) is 0 Å². The maximum absolute atomic E-state index is 4.52. The molecule has 0 fully saturated rings. The molecule has 0 aliphatic rings. The van der Waals surface area contributed by atoms with E-state index in [4.69, 9.17) is 0 Å². The Morgan fingerprint density at radius 3 is 2.70 bits per heavy atom. The molecule has 0 amide bonds. The SMILES string of the molecule is Brc1ccc2c3[nH]cnc3c3cccc4ccc1c2c43. The van der Waals surface area contributed by atoms with Crippen LogP contribution in [0.5, 0.6) is 0 Å². The van der Waals surface area contributed by atoms with Gasteiger partial charge in [0.15, 0.2) is 0 Å². The predicted octanol–water partition coefficient (Wildman–Crippen LogP) is 5.22. The van der Waals surface area contributed by atoms with Gasteiger partial charge in [-0.15, -0.1) is 0 Å². The van der Waals surface area contributed by atoms with E-state index < -0.39 is 0 Å². The van der Waals surface area contributed by atoms with Gasteiger partial charge < -0.3 is 4.98 Å². The first-order chi connectivity index (χ1) is 9.84.